The van der Waals surface area contributed by atoms with Crippen LogP contribution in [0.4, 0.5) is 5.69 Å². The van der Waals surface area contributed by atoms with Gasteiger partial charge in [-0.2, -0.15) is 0 Å². The number of rotatable bonds is 6. The molecule has 0 saturated carbocycles. The summed E-state index contributed by atoms with van der Waals surface area (Å²) in [4.78, 5) is 14.5. The van der Waals surface area contributed by atoms with Crippen molar-refractivity contribution < 1.29 is 0 Å². The highest BCUT2D eigenvalue weighted by molar-refractivity contribution is 5.90. The van der Waals surface area contributed by atoms with Crippen LogP contribution >= 0.6 is 0 Å². The minimum atomic E-state index is 0.685. The quantitative estimate of drug-likeness (QED) is 0.193. The van der Waals surface area contributed by atoms with Gasteiger partial charge in [-0.1, -0.05) is 127 Å². The molecule has 0 radical (unpaired) electrons. The van der Waals surface area contributed by atoms with Gasteiger partial charge in [0.25, 0.3) is 0 Å². The minimum Gasteiger partial charge on any atom is -0.263 e. The van der Waals surface area contributed by atoms with Crippen LogP contribution < -0.4 is 0 Å². The van der Waals surface area contributed by atoms with Crippen molar-refractivity contribution in [1.29, 1.82) is 0 Å². The molecule has 7 aromatic rings. The van der Waals surface area contributed by atoms with Crippen molar-refractivity contribution >= 4 is 40.0 Å². The summed E-state index contributed by atoms with van der Waals surface area (Å²) in [5.74, 6) is 0.685. The SMILES string of the molecule is C=Nc1c(/C=C\C)cccc1-c1ccc(-c2nc(-c3ccc4ccccc4c3)cc(-c3ccc4ccccc4c3)n2)cc1. The van der Waals surface area contributed by atoms with Crippen molar-refractivity contribution in [3.63, 3.8) is 0 Å². The minimum absolute atomic E-state index is 0.685. The zero-order chi connectivity index (χ0) is 29.2. The molecule has 1 heterocycles. The number of aromatic nitrogens is 2. The van der Waals surface area contributed by atoms with Crippen LogP contribution in [0.2, 0.25) is 0 Å². The highest BCUT2D eigenvalue weighted by Gasteiger charge is 2.13. The Morgan fingerprint density at radius 2 is 1.07 bits per heavy atom. The van der Waals surface area contributed by atoms with Gasteiger partial charge in [0.15, 0.2) is 5.82 Å². The van der Waals surface area contributed by atoms with Gasteiger partial charge in [-0.3, -0.25) is 4.99 Å². The van der Waals surface area contributed by atoms with Gasteiger partial charge in [0.05, 0.1) is 17.1 Å². The summed E-state index contributed by atoms with van der Waals surface area (Å²) in [6.07, 6.45) is 4.08. The van der Waals surface area contributed by atoms with Crippen LogP contribution in [-0.2, 0) is 0 Å². The lowest BCUT2D eigenvalue weighted by Gasteiger charge is -2.12. The molecule has 3 heteroatoms. The molecular weight excluding hydrogens is 522 g/mol. The lowest BCUT2D eigenvalue weighted by atomic mass is 9.98. The molecule has 0 saturated heterocycles. The van der Waals surface area contributed by atoms with Gasteiger partial charge in [-0.25, -0.2) is 9.97 Å². The van der Waals surface area contributed by atoms with E-state index < -0.39 is 0 Å². The van der Waals surface area contributed by atoms with E-state index in [0.29, 0.717) is 5.82 Å². The van der Waals surface area contributed by atoms with E-state index in [1.54, 1.807) is 0 Å². The summed E-state index contributed by atoms with van der Waals surface area (Å²) in [5.41, 5.74) is 8.88. The van der Waals surface area contributed by atoms with E-state index in [0.717, 1.165) is 50.5 Å². The van der Waals surface area contributed by atoms with Crippen molar-refractivity contribution in [1.82, 2.24) is 9.97 Å². The molecule has 0 aliphatic heterocycles. The first-order chi connectivity index (χ1) is 21.2. The topological polar surface area (TPSA) is 38.1 Å². The number of benzene rings is 6. The first-order valence-electron chi connectivity index (χ1n) is 14.4. The van der Waals surface area contributed by atoms with Crippen LogP contribution in [0.3, 0.4) is 0 Å². The fraction of sp³-hybridized carbons (Fsp3) is 0.0250. The van der Waals surface area contributed by atoms with E-state index in [-0.39, 0.29) is 0 Å². The normalized spacial score (nSPS) is 11.4. The van der Waals surface area contributed by atoms with Gasteiger partial charge in [0.2, 0.25) is 0 Å². The molecule has 0 unspecified atom stereocenters. The molecule has 43 heavy (non-hydrogen) atoms. The van der Waals surface area contributed by atoms with Crippen LogP contribution in [0, 0.1) is 0 Å². The second-order valence-corrected chi connectivity index (χ2v) is 10.6. The third-order valence-electron chi connectivity index (χ3n) is 7.84. The van der Waals surface area contributed by atoms with E-state index >= 15 is 0 Å². The number of allylic oxidation sites excluding steroid dienone is 1. The Hall–Kier alpha value is -5.67. The average molecular weight is 552 g/mol. The Labute approximate surface area is 251 Å². The molecule has 1 aromatic heterocycles. The molecule has 0 aliphatic carbocycles. The Morgan fingerprint density at radius 1 is 0.535 bits per heavy atom. The molecule has 3 nitrogen and oxygen atoms in total. The summed E-state index contributed by atoms with van der Waals surface area (Å²) in [7, 11) is 0. The van der Waals surface area contributed by atoms with Crippen molar-refractivity contribution in [3.8, 4) is 45.0 Å². The Balaban J connectivity index is 1.36. The summed E-state index contributed by atoms with van der Waals surface area (Å²) in [6, 6.07) is 46.5. The number of hydrogen-bond donors (Lipinski definition) is 0. The molecule has 0 fully saturated rings. The lowest BCUT2D eigenvalue weighted by molar-refractivity contribution is 1.18. The van der Waals surface area contributed by atoms with Crippen molar-refractivity contribution in [3.05, 3.63) is 145 Å². The number of nitrogens with zero attached hydrogens (tertiary/aromatic N) is 3. The van der Waals surface area contributed by atoms with Gasteiger partial charge in [0, 0.05) is 27.8 Å². The standard InChI is InChI=1S/C40H29N3/c1-3-9-30-14-8-15-36(39(30)41-2)29-18-20-31(21-19-29)40-42-37(34-22-16-27-10-4-6-12-32(27)24-34)26-38(43-40)35-23-17-28-11-5-7-13-33(28)25-35/h3-26H,2H2,1H3/b9-3-. The van der Waals surface area contributed by atoms with Gasteiger partial charge in [0.1, 0.15) is 0 Å². The van der Waals surface area contributed by atoms with Crippen molar-refractivity contribution in [2.24, 2.45) is 4.99 Å². The second kappa shape index (κ2) is 11.3. The Kier molecular flexibility index (Phi) is 6.90. The maximum Gasteiger partial charge on any atom is 0.160 e. The maximum atomic E-state index is 5.09. The first kappa shape index (κ1) is 26.2. The van der Waals surface area contributed by atoms with E-state index in [1.165, 1.54) is 21.5 Å². The molecule has 0 bridgehead atoms. The summed E-state index contributed by atoms with van der Waals surface area (Å²) < 4.78 is 0. The molecule has 0 aliphatic rings. The fourth-order valence-electron chi connectivity index (χ4n) is 5.65. The molecule has 0 atom stereocenters. The van der Waals surface area contributed by atoms with E-state index in [1.807, 2.05) is 13.0 Å². The predicted octanol–water partition coefficient (Wildman–Crippen LogP) is 10.8. The maximum absolute atomic E-state index is 5.09. The van der Waals surface area contributed by atoms with Crippen LogP contribution in [0.5, 0.6) is 0 Å². The zero-order valence-electron chi connectivity index (χ0n) is 23.9. The fourth-order valence-corrected chi connectivity index (χ4v) is 5.65. The molecule has 204 valence electrons. The van der Waals surface area contributed by atoms with Crippen LogP contribution in [0.15, 0.2) is 145 Å². The number of fused-ring (bicyclic) bond motifs is 2. The van der Waals surface area contributed by atoms with Gasteiger partial charge in [-0.05, 0) is 58.9 Å². The van der Waals surface area contributed by atoms with Crippen molar-refractivity contribution in [2.45, 2.75) is 6.92 Å². The Bertz CT molecular complexity index is 2060. The number of aliphatic imine (C=N–C) groups is 1. The number of para-hydroxylation sites is 1. The van der Waals surface area contributed by atoms with E-state index in [4.69, 9.17) is 9.97 Å². The molecular formula is C40H29N3. The van der Waals surface area contributed by atoms with Crippen LogP contribution in [0.1, 0.15) is 12.5 Å². The highest BCUT2D eigenvalue weighted by Crippen LogP contribution is 2.36. The van der Waals surface area contributed by atoms with Crippen LogP contribution in [-0.4, -0.2) is 16.7 Å². The monoisotopic (exact) mass is 551 g/mol. The highest BCUT2D eigenvalue weighted by atomic mass is 14.9. The van der Waals surface area contributed by atoms with Gasteiger partial charge in [-0.15, -0.1) is 0 Å². The first-order valence-corrected chi connectivity index (χ1v) is 14.4. The van der Waals surface area contributed by atoms with Gasteiger partial charge < -0.3 is 0 Å². The smallest absolute Gasteiger partial charge is 0.160 e. The predicted molar refractivity (Wildman–Crippen MR) is 183 cm³/mol. The molecule has 0 amide bonds. The molecule has 7 rings (SSSR count). The third kappa shape index (κ3) is 5.13. The molecule has 6 aromatic carbocycles. The molecule has 0 N–H and O–H groups in total. The van der Waals surface area contributed by atoms with E-state index in [9.17, 15) is 0 Å². The van der Waals surface area contributed by atoms with Crippen molar-refractivity contribution in [2.75, 3.05) is 0 Å². The number of hydrogen-bond acceptors (Lipinski definition) is 3. The van der Waals surface area contributed by atoms with E-state index in [2.05, 4.69) is 151 Å². The van der Waals surface area contributed by atoms with Crippen LogP contribution in [0.25, 0.3) is 72.7 Å². The lowest BCUT2D eigenvalue weighted by Crippen LogP contribution is -1.96. The van der Waals surface area contributed by atoms with Gasteiger partial charge >= 0.3 is 0 Å². The average Bonchev–Trinajstić information content (AvgIpc) is 3.07. The third-order valence-corrected chi connectivity index (χ3v) is 7.84. The second-order valence-electron chi connectivity index (χ2n) is 10.6. The summed E-state index contributed by atoms with van der Waals surface area (Å²) >= 11 is 0. The largest absolute Gasteiger partial charge is 0.263 e. The zero-order valence-corrected chi connectivity index (χ0v) is 23.9. The summed E-state index contributed by atoms with van der Waals surface area (Å²) in [5, 5.41) is 4.78. The Morgan fingerprint density at radius 3 is 1.63 bits per heavy atom. The summed E-state index contributed by atoms with van der Waals surface area (Å²) in [6.45, 7) is 5.84. The molecule has 0 spiro atoms.